The van der Waals surface area contributed by atoms with E-state index in [2.05, 4.69) is 77.2 Å². The fraction of sp³-hybridized carbons (Fsp3) is 0.385. The Kier molecular flexibility index (Phi) is 10.2. The predicted molar refractivity (Wildman–Crippen MR) is 155 cm³/mol. The summed E-state index contributed by atoms with van der Waals surface area (Å²) in [7, 11) is 1.85. The van der Waals surface area contributed by atoms with Crippen molar-refractivity contribution >= 4 is 63.5 Å². The van der Waals surface area contributed by atoms with E-state index in [1.54, 1.807) is 24.3 Å². The third-order valence-electron chi connectivity index (χ3n) is 5.55. The summed E-state index contributed by atoms with van der Waals surface area (Å²) in [5.41, 5.74) is 2.35. The van der Waals surface area contributed by atoms with Gasteiger partial charge in [-0.25, -0.2) is 0 Å². The molecule has 3 rings (SSSR count). The summed E-state index contributed by atoms with van der Waals surface area (Å²) < 4.78 is 2.97. The lowest BCUT2D eigenvalue weighted by molar-refractivity contribution is -0.113. The van der Waals surface area contributed by atoms with E-state index >= 15 is 0 Å². The van der Waals surface area contributed by atoms with E-state index in [-0.39, 0.29) is 23.6 Å². The summed E-state index contributed by atoms with van der Waals surface area (Å²) in [6.45, 7) is 8.38. The first-order valence-electron chi connectivity index (χ1n) is 11.7. The van der Waals surface area contributed by atoms with Crippen LogP contribution in [0.3, 0.4) is 0 Å². The quantitative estimate of drug-likeness (QED) is 0.197. The standard InChI is InChI=1S/C26H31ClIN5O2S/c1-15(2)12-22(30-25(35)18-8-6-7-9-20(18)27)24-31-32-26(33(24)5)36-14-23(34)29-21-11-10-17(28)13-19(21)16(3)4/h6-11,13,15-16,22H,12,14H2,1-5H3,(H,29,34)(H,30,35)/t22-/m0/s1. The van der Waals surface area contributed by atoms with Crippen molar-refractivity contribution in [2.24, 2.45) is 13.0 Å². The number of hydrogen-bond acceptors (Lipinski definition) is 5. The maximum Gasteiger partial charge on any atom is 0.253 e. The van der Waals surface area contributed by atoms with Crippen LogP contribution in [-0.2, 0) is 11.8 Å². The molecule has 2 aromatic carbocycles. The second-order valence-electron chi connectivity index (χ2n) is 9.26. The van der Waals surface area contributed by atoms with Gasteiger partial charge in [0.15, 0.2) is 11.0 Å². The van der Waals surface area contributed by atoms with Crippen LogP contribution in [-0.4, -0.2) is 32.3 Å². The number of nitrogens with zero attached hydrogens (tertiary/aromatic N) is 3. The Morgan fingerprint density at radius 1 is 1.11 bits per heavy atom. The fourth-order valence-corrected chi connectivity index (χ4v) is 5.23. The van der Waals surface area contributed by atoms with Crippen molar-refractivity contribution in [3.8, 4) is 0 Å². The third kappa shape index (κ3) is 7.45. The summed E-state index contributed by atoms with van der Waals surface area (Å²) in [4.78, 5) is 25.6. The van der Waals surface area contributed by atoms with Crippen molar-refractivity contribution < 1.29 is 9.59 Å². The van der Waals surface area contributed by atoms with Gasteiger partial charge in [0.25, 0.3) is 5.91 Å². The second-order valence-corrected chi connectivity index (χ2v) is 11.9. The van der Waals surface area contributed by atoms with Gasteiger partial charge in [0.2, 0.25) is 5.91 Å². The molecule has 0 saturated carbocycles. The lowest BCUT2D eigenvalue weighted by Gasteiger charge is -2.20. The number of amides is 2. The number of hydrogen-bond donors (Lipinski definition) is 2. The van der Waals surface area contributed by atoms with E-state index in [0.29, 0.717) is 39.8 Å². The first-order chi connectivity index (χ1) is 17.1. The minimum atomic E-state index is -0.352. The van der Waals surface area contributed by atoms with Gasteiger partial charge in [0, 0.05) is 16.3 Å². The number of benzene rings is 2. The van der Waals surface area contributed by atoms with Crippen LogP contribution in [0.5, 0.6) is 0 Å². The van der Waals surface area contributed by atoms with E-state index in [1.807, 2.05) is 23.7 Å². The molecule has 0 radical (unpaired) electrons. The molecule has 0 fully saturated rings. The monoisotopic (exact) mass is 639 g/mol. The fourth-order valence-electron chi connectivity index (χ4n) is 3.78. The summed E-state index contributed by atoms with van der Waals surface area (Å²) in [5.74, 6) is 1.05. The smallest absolute Gasteiger partial charge is 0.253 e. The summed E-state index contributed by atoms with van der Waals surface area (Å²) in [6, 6.07) is 12.6. The van der Waals surface area contributed by atoms with Crippen LogP contribution in [0.2, 0.25) is 5.02 Å². The molecule has 0 saturated heterocycles. The average molecular weight is 640 g/mol. The van der Waals surface area contributed by atoms with Crippen LogP contribution in [0.1, 0.15) is 67.8 Å². The molecule has 0 aliphatic carbocycles. The molecule has 10 heteroatoms. The highest BCUT2D eigenvalue weighted by Gasteiger charge is 2.24. The number of halogens is 2. The van der Waals surface area contributed by atoms with Gasteiger partial charge in [-0.15, -0.1) is 10.2 Å². The van der Waals surface area contributed by atoms with Gasteiger partial charge in [-0.1, -0.05) is 63.2 Å². The SMILES string of the molecule is CC(C)C[C@H](NC(=O)c1ccccc1Cl)c1nnc(SCC(=O)Nc2ccc(I)cc2C(C)C)n1C. The van der Waals surface area contributed by atoms with E-state index in [4.69, 9.17) is 11.6 Å². The van der Waals surface area contributed by atoms with Crippen LogP contribution >= 0.6 is 46.0 Å². The molecular weight excluding hydrogens is 609 g/mol. The molecule has 2 N–H and O–H groups in total. The Bertz CT molecular complexity index is 1230. The molecule has 192 valence electrons. The molecule has 7 nitrogen and oxygen atoms in total. The maximum atomic E-state index is 12.9. The minimum Gasteiger partial charge on any atom is -0.342 e. The van der Waals surface area contributed by atoms with Gasteiger partial charge in [0.05, 0.1) is 22.4 Å². The highest BCUT2D eigenvalue weighted by Crippen LogP contribution is 2.28. The number of carbonyl (C=O) groups excluding carboxylic acids is 2. The molecule has 0 bridgehead atoms. The van der Waals surface area contributed by atoms with Gasteiger partial charge >= 0.3 is 0 Å². The number of aromatic nitrogens is 3. The first kappa shape index (κ1) is 28.5. The van der Waals surface area contributed by atoms with Crippen molar-refractivity contribution in [2.75, 3.05) is 11.1 Å². The molecular formula is C26H31ClIN5O2S. The van der Waals surface area contributed by atoms with Gasteiger partial charge in [-0.05, 0) is 76.7 Å². The molecule has 1 atom stereocenters. The van der Waals surface area contributed by atoms with Crippen molar-refractivity contribution in [2.45, 2.75) is 51.2 Å². The molecule has 0 aliphatic heterocycles. The van der Waals surface area contributed by atoms with E-state index in [9.17, 15) is 9.59 Å². The predicted octanol–water partition coefficient (Wildman–Crippen LogP) is 6.44. The van der Waals surface area contributed by atoms with Crippen molar-refractivity contribution in [1.82, 2.24) is 20.1 Å². The number of thioether (sulfide) groups is 1. The molecule has 0 unspecified atom stereocenters. The summed E-state index contributed by atoms with van der Waals surface area (Å²) in [6.07, 6.45) is 0.679. The number of anilines is 1. The van der Waals surface area contributed by atoms with Crippen LogP contribution in [0.4, 0.5) is 5.69 Å². The largest absolute Gasteiger partial charge is 0.342 e. The van der Waals surface area contributed by atoms with Gasteiger partial charge in [-0.3, -0.25) is 9.59 Å². The van der Waals surface area contributed by atoms with E-state index < -0.39 is 0 Å². The van der Waals surface area contributed by atoms with Crippen LogP contribution in [0.25, 0.3) is 0 Å². The molecule has 2 amide bonds. The second kappa shape index (κ2) is 12.9. The van der Waals surface area contributed by atoms with Gasteiger partial charge in [0.1, 0.15) is 0 Å². The van der Waals surface area contributed by atoms with Crippen LogP contribution in [0, 0.1) is 9.49 Å². The Hall–Kier alpha value is -2.11. The maximum absolute atomic E-state index is 12.9. The zero-order valence-electron chi connectivity index (χ0n) is 21.0. The Morgan fingerprint density at radius 2 is 1.83 bits per heavy atom. The Labute approximate surface area is 235 Å². The van der Waals surface area contributed by atoms with Gasteiger partial charge in [-0.2, -0.15) is 0 Å². The van der Waals surface area contributed by atoms with E-state index in [0.717, 1.165) is 14.8 Å². The lowest BCUT2D eigenvalue weighted by Crippen LogP contribution is -2.31. The molecule has 0 spiro atoms. The Morgan fingerprint density at radius 3 is 2.50 bits per heavy atom. The number of nitrogens with one attached hydrogen (secondary N) is 2. The molecule has 3 aromatic rings. The zero-order chi connectivity index (χ0) is 26.4. The van der Waals surface area contributed by atoms with Crippen molar-refractivity contribution in [3.05, 3.63) is 68.0 Å². The zero-order valence-corrected chi connectivity index (χ0v) is 24.7. The van der Waals surface area contributed by atoms with Crippen molar-refractivity contribution in [1.29, 1.82) is 0 Å². The number of rotatable bonds is 10. The highest BCUT2D eigenvalue weighted by atomic mass is 127. The third-order valence-corrected chi connectivity index (χ3v) is 7.57. The molecule has 1 aromatic heterocycles. The molecule has 0 aliphatic rings. The highest BCUT2D eigenvalue weighted by molar-refractivity contribution is 14.1. The van der Waals surface area contributed by atoms with Gasteiger partial charge < -0.3 is 15.2 Å². The average Bonchev–Trinajstić information content (AvgIpc) is 3.18. The minimum absolute atomic E-state index is 0.113. The van der Waals surface area contributed by atoms with E-state index in [1.165, 1.54) is 11.8 Å². The number of carbonyl (C=O) groups is 2. The van der Waals surface area contributed by atoms with Crippen molar-refractivity contribution in [3.63, 3.8) is 0 Å². The topological polar surface area (TPSA) is 88.9 Å². The molecule has 1 heterocycles. The van der Waals surface area contributed by atoms with Crippen LogP contribution < -0.4 is 10.6 Å². The first-order valence-corrected chi connectivity index (χ1v) is 14.2. The summed E-state index contributed by atoms with van der Waals surface area (Å²) >= 11 is 9.80. The summed E-state index contributed by atoms with van der Waals surface area (Å²) in [5, 5.41) is 15.7. The molecule has 36 heavy (non-hydrogen) atoms. The normalized spacial score (nSPS) is 12.1. The lowest BCUT2D eigenvalue weighted by atomic mass is 10.0. The van der Waals surface area contributed by atoms with Crippen LogP contribution in [0.15, 0.2) is 47.6 Å². The Balaban J connectivity index is 1.70.